The lowest BCUT2D eigenvalue weighted by molar-refractivity contribution is -0.159. The van der Waals surface area contributed by atoms with E-state index in [1.165, 1.54) is 5.39 Å². The first-order valence-corrected chi connectivity index (χ1v) is 14.7. The summed E-state index contributed by atoms with van der Waals surface area (Å²) in [6.45, 7) is 5.29. The van der Waals surface area contributed by atoms with E-state index in [1.807, 2.05) is 38.1 Å². The van der Waals surface area contributed by atoms with Crippen LogP contribution in [0.5, 0.6) is 0 Å². The number of aliphatic carboxylic acids is 2. The summed E-state index contributed by atoms with van der Waals surface area (Å²) in [5, 5.41) is 17.1. The van der Waals surface area contributed by atoms with E-state index in [9.17, 15) is 9.18 Å². The Morgan fingerprint density at radius 2 is 1.69 bits per heavy atom. The second kappa shape index (κ2) is 17.6. The first-order valence-electron chi connectivity index (χ1n) is 14.7. The fourth-order valence-corrected chi connectivity index (χ4v) is 4.68. The van der Waals surface area contributed by atoms with Crippen molar-refractivity contribution in [1.29, 1.82) is 0 Å². The van der Waals surface area contributed by atoms with E-state index in [2.05, 4.69) is 47.3 Å². The average Bonchev–Trinajstić information content (AvgIpc) is 3.55. The van der Waals surface area contributed by atoms with Crippen LogP contribution >= 0.6 is 0 Å². The van der Waals surface area contributed by atoms with Crippen LogP contribution in [0, 0.1) is 5.82 Å². The first kappa shape index (κ1) is 34.9. The van der Waals surface area contributed by atoms with Gasteiger partial charge in [0.15, 0.2) is 0 Å². The molecular formula is C34H40FN3O7. The number of unbranched alkanes of at least 4 members (excludes halogenated alkanes) is 1. The van der Waals surface area contributed by atoms with Gasteiger partial charge in [0, 0.05) is 24.6 Å². The Hall–Kier alpha value is -4.61. The third-order valence-electron chi connectivity index (χ3n) is 6.95. The zero-order valence-electron chi connectivity index (χ0n) is 25.8. The molecule has 0 bridgehead atoms. The van der Waals surface area contributed by atoms with Gasteiger partial charge in [-0.25, -0.2) is 23.8 Å². The Bertz CT molecular complexity index is 1530. The number of nitrogens with zero attached hydrogens (tertiary/aromatic N) is 3. The van der Waals surface area contributed by atoms with Gasteiger partial charge in [-0.05, 0) is 93.2 Å². The molecule has 1 unspecified atom stereocenters. The van der Waals surface area contributed by atoms with Crippen LogP contribution in [0.1, 0.15) is 50.3 Å². The maximum atomic E-state index is 14.6. The Balaban J connectivity index is 0.000000838. The number of fused-ring (bicyclic) bond motifs is 1. The van der Waals surface area contributed by atoms with Crippen molar-refractivity contribution in [2.45, 2.75) is 51.7 Å². The highest BCUT2D eigenvalue weighted by Gasteiger charge is 2.17. The second-order valence-electron chi connectivity index (χ2n) is 10.8. The van der Waals surface area contributed by atoms with Gasteiger partial charge >= 0.3 is 17.9 Å². The fraction of sp³-hybridized carbons (Fsp3) is 0.353. The maximum absolute atomic E-state index is 14.6. The maximum Gasteiger partial charge on any atom is 0.414 e. The minimum absolute atomic E-state index is 0.0788. The van der Waals surface area contributed by atoms with Crippen molar-refractivity contribution in [3.8, 4) is 5.69 Å². The molecule has 0 aliphatic heterocycles. The number of carbonyl (C=O) groups excluding carboxylic acids is 1. The lowest BCUT2D eigenvalue weighted by Gasteiger charge is -2.23. The van der Waals surface area contributed by atoms with Crippen LogP contribution in [0.15, 0.2) is 79.4 Å². The smallest absolute Gasteiger partial charge is 0.414 e. The highest BCUT2D eigenvalue weighted by molar-refractivity contribution is 6.27. The van der Waals surface area contributed by atoms with Gasteiger partial charge in [0.05, 0.1) is 18.5 Å². The summed E-state index contributed by atoms with van der Waals surface area (Å²) >= 11 is 0. The fourth-order valence-electron chi connectivity index (χ4n) is 4.68. The Kier molecular flexibility index (Phi) is 13.7. The molecule has 4 rings (SSSR count). The van der Waals surface area contributed by atoms with Gasteiger partial charge in [0.2, 0.25) is 0 Å². The van der Waals surface area contributed by atoms with Crippen LogP contribution in [0.3, 0.4) is 0 Å². The third kappa shape index (κ3) is 11.8. The van der Waals surface area contributed by atoms with Crippen molar-refractivity contribution in [2.75, 3.05) is 26.7 Å². The van der Waals surface area contributed by atoms with Crippen LogP contribution in [-0.2, 0) is 30.3 Å². The summed E-state index contributed by atoms with van der Waals surface area (Å²) in [5.41, 5.74) is 2.56. The van der Waals surface area contributed by atoms with Gasteiger partial charge in [0.1, 0.15) is 12.4 Å². The van der Waals surface area contributed by atoms with E-state index in [-0.39, 0.29) is 30.6 Å². The number of halogens is 1. The summed E-state index contributed by atoms with van der Waals surface area (Å²) in [4.78, 5) is 36.6. The van der Waals surface area contributed by atoms with Crippen LogP contribution in [0.4, 0.5) is 4.39 Å². The van der Waals surface area contributed by atoms with Crippen molar-refractivity contribution in [2.24, 2.45) is 0 Å². The summed E-state index contributed by atoms with van der Waals surface area (Å²) in [5.74, 6) is -4.18. The largest absolute Gasteiger partial charge is 0.473 e. The summed E-state index contributed by atoms with van der Waals surface area (Å²) in [6, 6.07) is 19.9. The lowest BCUT2D eigenvalue weighted by Crippen LogP contribution is -2.25. The Labute approximate surface area is 262 Å². The number of aromatic nitrogens is 2. The van der Waals surface area contributed by atoms with Gasteiger partial charge in [0.25, 0.3) is 0 Å². The number of carboxylic acids is 2. The lowest BCUT2D eigenvalue weighted by atomic mass is 10.0. The van der Waals surface area contributed by atoms with Gasteiger partial charge < -0.3 is 29.2 Å². The Morgan fingerprint density at radius 3 is 2.33 bits per heavy atom. The molecule has 0 aliphatic rings. The number of carboxylic acid groups (broad SMARTS) is 2. The number of hydrogen-bond donors (Lipinski definition) is 2. The zero-order chi connectivity index (χ0) is 32.8. The molecule has 45 heavy (non-hydrogen) atoms. The minimum atomic E-state index is -1.82. The summed E-state index contributed by atoms with van der Waals surface area (Å²) in [6.07, 6.45) is 8.06. The molecule has 0 spiro atoms. The molecule has 0 aliphatic carbocycles. The second-order valence-corrected chi connectivity index (χ2v) is 10.8. The number of hydrogen-bond acceptors (Lipinski definition) is 7. The van der Waals surface area contributed by atoms with Gasteiger partial charge in [-0.15, -0.1) is 0 Å². The van der Waals surface area contributed by atoms with E-state index in [0.717, 1.165) is 54.6 Å². The SMILES string of the molecule is CC(C)OC(=O)COC(CCN(C)CCCCc1ccc(-n2ccnc2)cc1F)c1ccc2ccccc2c1.O=C(O)C(=O)O. The number of benzene rings is 3. The van der Waals surface area contributed by atoms with E-state index < -0.39 is 11.9 Å². The number of rotatable bonds is 14. The average molecular weight is 622 g/mol. The molecule has 0 amide bonds. The minimum Gasteiger partial charge on any atom is -0.473 e. The normalized spacial score (nSPS) is 11.7. The van der Waals surface area contributed by atoms with Crippen molar-refractivity contribution < 1.29 is 38.5 Å². The summed E-state index contributed by atoms with van der Waals surface area (Å²) < 4.78 is 27.7. The highest BCUT2D eigenvalue weighted by atomic mass is 19.1. The molecule has 0 saturated heterocycles. The van der Waals surface area contributed by atoms with E-state index in [1.54, 1.807) is 29.4 Å². The molecule has 0 fully saturated rings. The van der Waals surface area contributed by atoms with Crippen LogP contribution in [-0.4, -0.2) is 75.4 Å². The quantitative estimate of drug-likeness (QED) is 0.104. The number of aryl methyl sites for hydroxylation is 1. The van der Waals surface area contributed by atoms with Crippen molar-refractivity contribution >= 4 is 28.7 Å². The molecule has 10 nitrogen and oxygen atoms in total. The predicted molar refractivity (Wildman–Crippen MR) is 168 cm³/mol. The number of ether oxygens (including phenoxy) is 2. The molecule has 2 N–H and O–H groups in total. The van der Waals surface area contributed by atoms with Crippen molar-refractivity contribution in [1.82, 2.24) is 14.5 Å². The molecular weight excluding hydrogens is 581 g/mol. The first-order chi connectivity index (χ1) is 21.5. The standard InChI is InChI=1S/C32H38FN3O3.C2H2O4/c1-24(2)39-32(37)22-38-31(28-12-11-25-8-4-5-10-27(25)20-28)15-18-35(3)17-7-6-9-26-13-14-29(21-30(26)33)36-19-16-34-23-36;3-1(4)2(5)6/h4-5,8,10-14,16,19-21,23-24,31H,6-7,9,15,17-18,22H2,1-3H3;(H,3,4)(H,5,6). The number of esters is 1. The molecule has 0 saturated carbocycles. The van der Waals surface area contributed by atoms with Crippen LogP contribution in [0.25, 0.3) is 16.5 Å². The topological polar surface area (TPSA) is 131 Å². The number of imidazole rings is 1. The molecule has 1 aromatic heterocycles. The van der Waals surface area contributed by atoms with Gasteiger partial charge in [-0.1, -0.05) is 42.5 Å². The van der Waals surface area contributed by atoms with Crippen molar-refractivity contribution in [3.05, 3.63) is 96.3 Å². The summed E-state index contributed by atoms with van der Waals surface area (Å²) in [7, 11) is 2.09. The molecule has 0 radical (unpaired) electrons. The van der Waals surface area contributed by atoms with Crippen molar-refractivity contribution in [3.63, 3.8) is 0 Å². The molecule has 4 aromatic rings. The number of carbonyl (C=O) groups is 3. The Morgan fingerprint density at radius 1 is 0.956 bits per heavy atom. The predicted octanol–water partition coefficient (Wildman–Crippen LogP) is 5.67. The van der Waals surface area contributed by atoms with Crippen LogP contribution < -0.4 is 0 Å². The molecule has 11 heteroatoms. The molecule has 1 atom stereocenters. The van der Waals surface area contributed by atoms with E-state index in [0.29, 0.717) is 6.42 Å². The third-order valence-corrected chi connectivity index (χ3v) is 6.95. The van der Waals surface area contributed by atoms with Crippen LogP contribution in [0.2, 0.25) is 0 Å². The van der Waals surface area contributed by atoms with E-state index >= 15 is 0 Å². The van der Waals surface area contributed by atoms with Gasteiger partial charge in [-0.2, -0.15) is 0 Å². The highest BCUT2D eigenvalue weighted by Crippen LogP contribution is 2.26. The molecule has 240 valence electrons. The van der Waals surface area contributed by atoms with E-state index in [4.69, 9.17) is 29.3 Å². The monoisotopic (exact) mass is 621 g/mol. The zero-order valence-corrected chi connectivity index (χ0v) is 25.8. The molecule has 1 heterocycles. The molecule has 3 aromatic carbocycles. The van der Waals surface area contributed by atoms with Gasteiger partial charge in [-0.3, -0.25) is 0 Å².